The van der Waals surface area contributed by atoms with Gasteiger partial charge in [0, 0.05) is 22.4 Å². The summed E-state index contributed by atoms with van der Waals surface area (Å²) < 4.78 is 0.630. The second-order valence-corrected chi connectivity index (χ2v) is 5.84. The molecule has 1 unspecified atom stereocenters. The molecular weight excluding hydrogens is 320 g/mol. The second kappa shape index (κ2) is 5.94. The van der Waals surface area contributed by atoms with Crippen molar-refractivity contribution in [2.24, 2.45) is 0 Å². The number of carbonyl (C=O) groups is 1. The van der Waals surface area contributed by atoms with Gasteiger partial charge in [0.25, 0.3) is 0 Å². The maximum absolute atomic E-state index is 11.2. The smallest absolute Gasteiger partial charge is 0.331 e. The van der Waals surface area contributed by atoms with Crippen molar-refractivity contribution in [2.75, 3.05) is 0 Å². The van der Waals surface area contributed by atoms with Crippen molar-refractivity contribution in [3.8, 4) is 0 Å². The molecule has 2 atom stereocenters. The number of carboxylic acid groups (broad SMARTS) is 1. The maximum atomic E-state index is 11.2. The Hall–Kier alpha value is -1.39. The lowest BCUT2D eigenvalue weighted by Crippen LogP contribution is -2.39. The van der Waals surface area contributed by atoms with Crippen LogP contribution in [0.25, 0.3) is 0 Å². The van der Waals surface area contributed by atoms with Gasteiger partial charge in [-0.1, -0.05) is 59.3 Å². The highest BCUT2D eigenvalue weighted by Gasteiger charge is 2.42. The van der Waals surface area contributed by atoms with E-state index in [1.54, 1.807) is 12.2 Å². The first-order valence-electron chi connectivity index (χ1n) is 6.56. The van der Waals surface area contributed by atoms with Crippen LogP contribution in [0.4, 0.5) is 0 Å². The molecule has 0 aliphatic heterocycles. The van der Waals surface area contributed by atoms with Crippen LogP contribution in [0.15, 0.2) is 52.5 Å². The molecule has 0 aromatic heterocycles. The first-order valence-corrected chi connectivity index (χ1v) is 7.35. The molecule has 0 spiro atoms. The summed E-state index contributed by atoms with van der Waals surface area (Å²) in [5.41, 5.74) is 0.0260. The van der Waals surface area contributed by atoms with Gasteiger partial charge in [-0.2, -0.15) is 0 Å². The molecule has 0 heterocycles. The van der Waals surface area contributed by atoms with Gasteiger partial charge in [-0.15, -0.1) is 0 Å². The second-order valence-electron chi connectivity index (χ2n) is 4.98. The first-order chi connectivity index (χ1) is 9.49. The number of halogens is 1. The van der Waals surface area contributed by atoms with Crippen molar-refractivity contribution in [1.29, 1.82) is 0 Å². The maximum Gasteiger partial charge on any atom is 0.331 e. The minimum absolute atomic E-state index is 0.104. The summed E-state index contributed by atoms with van der Waals surface area (Å²) in [5.74, 6) is -1.14. The lowest BCUT2D eigenvalue weighted by atomic mass is 9.74. The van der Waals surface area contributed by atoms with Crippen molar-refractivity contribution in [3.05, 3.63) is 58.1 Å². The van der Waals surface area contributed by atoms with Crippen LogP contribution < -0.4 is 0 Å². The standard InChI is InChI=1S/C16H17BrO3/c1-2-13(11-6-4-3-5-7-11)16(20)10-12(15(18)19)8-9-14(16)17/h3-9,13,20H,2,10H2,1H3,(H,18,19)/t13?,16-/m0/s1. The summed E-state index contributed by atoms with van der Waals surface area (Å²) >= 11 is 3.40. The molecule has 0 saturated heterocycles. The quantitative estimate of drug-likeness (QED) is 0.883. The molecule has 1 aromatic carbocycles. The SMILES string of the molecule is CCC(c1ccccc1)[C@@]1(O)CC(C(=O)O)=CC=C1Br. The van der Waals surface area contributed by atoms with E-state index in [0.717, 1.165) is 12.0 Å². The zero-order valence-corrected chi connectivity index (χ0v) is 12.8. The van der Waals surface area contributed by atoms with E-state index in [-0.39, 0.29) is 17.9 Å². The van der Waals surface area contributed by atoms with Crippen LogP contribution in [-0.4, -0.2) is 21.8 Å². The summed E-state index contributed by atoms with van der Waals surface area (Å²) in [5, 5.41) is 20.2. The topological polar surface area (TPSA) is 57.5 Å². The fourth-order valence-corrected chi connectivity index (χ4v) is 3.27. The van der Waals surface area contributed by atoms with Crippen LogP contribution in [0.2, 0.25) is 0 Å². The van der Waals surface area contributed by atoms with Gasteiger partial charge in [0.2, 0.25) is 0 Å². The van der Waals surface area contributed by atoms with E-state index in [1.807, 2.05) is 37.3 Å². The number of benzene rings is 1. The Morgan fingerprint density at radius 2 is 2.00 bits per heavy atom. The highest BCUT2D eigenvalue weighted by molar-refractivity contribution is 9.11. The predicted molar refractivity (Wildman–Crippen MR) is 81.8 cm³/mol. The van der Waals surface area contributed by atoms with Crippen LogP contribution in [0.5, 0.6) is 0 Å². The Morgan fingerprint density at radius 3 is 2.55 bits per heavy atom. The van der Waals surface area contributed by atoms with Gasteiger partial charge >= 0.3 is 5.97 Å². The fourth-order valence-electron chi connectivity index (χ4n) is 2.72. The molecule has 4 heteroatoms. The molecule has 1 aliphatic rings. The summed E-state index contributed by atoms with van der Waals surface area (Å²) in [6.07, 6.45) is 4.00. The molecule has 0 saturated carbocycles. The molecule has 2 N–H and O–H groups in total. The van der Waals surface area contributed by atoms with Gasteiger partial charge < -0.3 is 10.2 Å². The van der Waals surface area contributed by atoms with Gasteiger partial charge in [0.05, 0.1) is 0 Å². The molecule has 0 bridgehead atoms. The molecule has 106 valence electrons. The highest BCUT2D eigenvalue weighted by Crippen LogP contribution is 2.45. The third kappa shape index (κ3) is 2.72. The Balaban J connectivity index is 2.41. The number of aliphatic hydroxyl groups is 1. The molecule has 0 fully saturated rings. The minimum atomic E-state index is -1.21. The Labute approximate surface area is 126 Å². The van der Waals surface area contributed by atoms with Crippen molar-refractivity contribution in [1.82, 2.24) is 0 Å². The molecule has 20 heavy (non-hydrogen) atoms. The van der Waals surface area contributed by atoms with Crippen molar-refractivity contribution in [3.63, 3.8) is 0 Å². The van der Waals surface area contributed by atoms with Crippen LogP contribution in [0.1, 0.15) is 31.2 Å². The first kappa shape index (κ1) is 15.0. The van der Waals surface area contributed by atoms with E-state index in [9.17, 15) is 9.90 Å². The van der Waals surface area contributed by atoms with Crippen LogP contribution in [0, 0.1) is 0 Å². The lowest BCUT2D eigenvalue weighted by molar-refractivity contribution is -0.133. The van der Waals surface area contributed by atoms with Crippen LogP contribution in [0.3, 0.4) is 0 Å². The summed E-state index contributed by atoms with van der Waals surface area (Å²) in [6.45, 7) is 1.99. The fraction of sp³-hybridized carbons (Fsp3) is 0.312. The molecule has 2 rings (SSSR count). The molecule has 0 amide bonds. The van der Waals surface area contributed by atoms with Gasteiger partial charge in [-0.3, -0.25) is 0 Å². The van der Waals surface area contributed by atoms with Gasteiger partial charge in [0.1, 0.15) is 5.60 Å². The molecule has 3 nitrogen and oxygen atoms in total. The van der Waals surface area contributed by atoms with E-state index in [1.165, 1.54) is 0 Å². The number of aliphatic carboxylic acids is 1. The zero-order valence-electron chi connectivity index (χ0n) is 11.2. The number of hydrogen-bond donors (Lipinski definition) is 2. The third-order valence-electron chi connectivity index (χ3n) is 3.77. The van der Waals surface area contributed by atoms with Crippen molar-refractivity contribution in [2.45, 2.75) is 31.3 Å². The minimum Gasteiger partial charge on any atom is -0.478 e. The summed E-state index contributed by atoms with van der Waals surface area (Å²) in [6, 6.07) is 9.70. The summed E-state index contributed by atoms with van der Waals surface area (Å²) in [7, 11) is 0. The lowest BCUT2D eigenvalue weighted by Gasteiger charge is -2.38. The Bertz CT molecular complexity index is 562. The Kier molecular flexibility index (Phi) is 4.45. The van der Waals surface area contributed by atoms with E-state index < -0.39 is 11.6 Å². The molecule has 0 radical (unpaired) electrons. The number of rotatable bonds is 4. The number of carboxylic acids is 1. The zero-order chi connectivity index (χ0) is 14.8. The molecule has 1 aliphatic carbocycles. The number of allylic oxidation sites excluding steroid dienone is 2. The number of hydrogen-bond acceptors (Lipinski definition) is 2. The summed E-state index contributed by atoms with van der Waals surface area (Å²) in [4.78, 5) is 11.2. The van der Waals surface area contributed by atoms with Gasteiger partial charge in [-0.25, -0.2) is 4.79 Å². The monoisotopic (exact) mass is 336 g/mol. The van der Waals surface area contributed by atoms with Gasteiger partial charge in [0.15, 0.2) is 0 Å². The Morgan fingerprint density at radius 1 is 1.35 bits per heavy atom. The average molecular weight is 337 g/mol. The van der Waals surface area contributed by atoms with E-state index in [0.29, 0.717) is 4.48 Å². The third-order valence-corrected chi connectivity index (χ3v) is 4.72. The van der Waals surface area contributed by atoms with E-state index >= 15 is 0 Å². The molecule has 1 aromatic rings. The molecular formula is C16H17BrO3. The largest absolute Gasteiger partial charge is 0.478 e. The average Bonchev–Trinajstić information content (AvgIpc) is 2.44. The normalized spacial score (nSPS) is 23.8. The van der Waals surface area contributed by atoms with Crippen LogP contribution >= 0.6 is 15.9 Å². The predicted octanol–water partition coefficient (Wildman–Crippen LogP) is 3.60. The van der Waals surface area contributed by atoms with E-state index in [2.05, 4.69) is 15.9 Å². The van der Waals surface area contributed by atoms with Crippen molar-refractivity contribution >= 4 is 21.9 Å². The van der Waals surface area contributed by atoms with Gasteiger partial charge in [-0.05, 0) is 18.1 Å². The van der Waals surface area contributed by atoms with E-state index in [4.69, 9.17) is 5.11 Å². The van der Waals surface area contributed by atoms with Crippen LogP contribution in [-0.2, 0) is 4.79 Å². The van der Waals surface area contributed by atoms with Crippen molar-refractivity contribution < 1.29 is 15.0 Å². The highest BCUT2D eigenvalue weighted by atomic mass is 79.9.